The van der Waals surface area contributed by atoms with Gasteiger partial charge in [-0.25, -0.2) is 0 Å². The highest BCUT2D eigenvalue weighted by Gasteiger charge is 2.19. The van der Waals surface area contributed by atoms with Crippen molar-refractivity contribution in [1.29, 1.82) is 0 Å². The Hall–Kier alpha value is -1.52. The zero-order chi connectivity index (χ0) is 12.3. The topological polar surface area (TPSA) is 42.4 Å². The van der Waals surface area contributed by atoms with E-state index in [1.165, 1.54) is 6.42 Å². The minimum atomic E-state index is 0.0167. The zero-order valence-electron chi connectivity index (χ0n) is 10.4. The molecule has 0 aromatic carbocycles. The summed E-state index contributed by atoms with van der Waals surface area (Å²) in [6.07, 6.45) is 5.09. The summed E-state index contributed by atoms with van der Waals surface area (Å²) < 4.78 is 5.21. The lowest BCUT2D eigenvalue weighted by molar-refractivity contribution is 0.0718. The molecule has 17 heavy (non-hydrogen) atoms. The van der Waals surface area contributed by atoms with Gasteiger partial charge in [-0.2, -0.15) is 0 Å². The molecule has 0 aliphatic carbocycles. The largest absolute Gasteiger partial charge is 0.497 e. The predicted molar refractivity (Wildman–Crippen MR) is 68.7 cm³/mol. The van der Waals surface area contributed by atoms with Gasteiger partial charge in [-0.3, -0.25) is 9.78 Å². The number of carbonyl (C=O) groups is 1. The Morgan fingerprint density at radius 1 is 1.41 bits per heavy atom. The Morgan fingerprint density at radius 2 is 2.12 bits per heavy atom. The lowest BCUT2D eigenvalue weighted by Crippen LogP contribution is -2.36. The van der Waals surface area contributed by atoms with Crippen molar-refractivity contribution in [2.45, 2.75) is 19.3 Å². The van der Waals surface area contributed by atoms with Crippen LogP contribution in [0.3, 0.4) is 0 Å². The van der Waals surface area contributed by atoms with Crippen LogP contribution in [0.25, 0.3) is 0 Å². The minimum Gasteiger partial charge on any atom is -0.497 e. The molecule has 1 saturated heterocycles. The molecule has 0 N–H and O–H groups in total. The third-order valence-corrected chi connectivity index (χ3v) is 3.14. The van der Waals surface area contributed by atoms with E-state index < -0.39 is 0 Å². The first-order valence-electron chi connectivity index (χ1n) is 6.02. The van der Waals surface area contributed by atoms with Gasteiger partial charge in [0.1, 0.15) is 19.3 Å². The summed E-state index contributed by atoms with van der Waals surface area (Å²) in [6.45, 7) is 1.69. The number of hydrogen-bond acceptors (Lipinski definition) is 3. The van der Waals surface area contributed by atoms with Crippen molar-refractivity contribution >= 4 is 19.2 Å². The minimum absolute atomic E-state index is 0.0167. The molecule has 1 aliphatic heterocycles. The number of carbonyl (C=O) groups excluding carboxylic acids is 1. The van der Waals surface area contributed by atoms with Crippen LogP contribution in [0, 0.1) is 0 Å². The third-order valence-electron chi connectivity index (χ3n) is 3.14. The van der Waals surface area contributed by atoms with Crippen molar-refractivity contribution in [2.75, 3.05) is 20.2 Å². The van der Waals surface area contributed by atoms with E-state index in [0.29, 0.717) is 5.69 Å². The maximum atomic E-state index is 12.2. The predicted octanol–water partition coefficient (Wildman–Crippen LogP) is -0.0253. The fraction of sp³-hybridized carbons (Fsp3) is 0.500. The summed E-state index contributed by atoms with van der Waals surface area (Å²) in [5.74, 6) is 0.739. The van der Waals surface area contributed by atoms with Crippen LogP contribution in [0.1, 0.15) is 29.8 Å². The Balaban J connectivity index is 2.18. The van der Waals surface area contributed by atoms with Gasteiger partial charge >= 0.3 is 0 Å². The summed E-state index contributed by atoms with van der Waals surface area (Å²) in [6, 6.07) is 1.73. The maximum Gasteiger partial charge on any atom is 0.272 e. The molecule has 0 radical (unpaired) electrons. The average Bonchev–Trinajstić information content (AvgIpc) is 2.39. The van der Waals surface area contributed by atoms with Crippen LogP contribution in [-0.2, 0) is 0 Å². The number of rotatable bonds is 2. The van der Waals surface area contributed by atoms with Gasteiger partial charge in [0.15, 0.2) is 0 Å². The van der Waals surface area contributed by atoms with Crippen LogP contribution in [0.4, 0.5) is 0 Å². The zero-order valence-corrected chi connectivity index (χ0v) is 10.4. The smallest absolute Gasteiger partial charge is 0.272 e. The molecule has 1 aromatic rings. The molecule has 0 bridgehead atoms. The van der Waals surface area contributed by atoms with Gasteiger partial charge in [0, 0.05) is 25.4 Å². The van der Waals surface area contributed by atoms with Crippen molar-refractivity contribution in [3.8, 4) is 5.75 Å². The van der Waals surface area contributed by atoms with Crippen molar-refractivity contribution in [3.63, 3.8) is 0 Å². The number of pyridine rings is 1. The molecular weight excluding hydrogens is 215 g/mol. The highest BCUT2D eigenvalue weighted by Crippen LogP contribution is 2.14. The van der Waals surface area contributed by atoms with E-state index in [1.807, 2.05) is 12.7 Å². The summed E-state index contributed by atoms with van der Waals surface area (Å²) in [5, 5.41) is 0. The highest BCUT2D eigenvalue weighted by atomic mass is 16.5. The molecule has 0 unspecified atom stereocenters. The van der Waals surface area contributed by atoms with Crippen LogP contribution < -0.4 is 10.2 Å². The summed E-state index contributed by atoms with van der Waals surface area (Å²) in [4.78, 5) is 18.3. The molecule has 1 amide bonds. The van der Waals surface area contributed by atoms with E-state index in [1.54, 1.807) is 19.4 Å². The Bertz CT molecular complexity index is 417. The van der Waals surface area contributed by atoms with E-state index in [9.17, 15) is 4.79 Å². The second kappa shape index (κ2) is 5.21. The molecule has 0 saturated carbocycles. The number of nitrogens with zero attached hydrogens (tertiary/aromatic N) is 2. The SMILES string of the molecule is Bc1cnc(C(=O)N2CCCCC2)cc1OC. The Labute approximate surface area is 102 Å². The molecule has 90 valence electrons. The number of likely N-dealkylation sites (tertiary alicyclic amines) is 1. The summed E-state index contributed by atoms with van der Waals surface area (Å²) in [5.41, 5.74) is 1.43. The van der Waals surface area contributed by atoms with E-state index in [2.05, 4.69) is 4.98 Å². The Morgan fingerprint density at radius 3 is 2.76 bits per heavy atom. The third kappa shape index (κ3) is 2.60. The number of piperidine rings is 1. The normalized spacial score (nSPS) is 15.7. The van der Waals surface area contributed by atoms with Crippen molar-refractivity contribution in [1.82, 2.24) is 9.88 Å². The Kier molecular flexibility index (Phi) is 3.66. The summed E-state index contributed by atoms with van der Waals surface area (Å²) >= 11 is 0. The number of amides is 1. The van der Waals surface area contributed by atoms with Crippen molar-refractivity contribution < 1.29 is 9.53 Å². The van der Waals surface area contributed by atoms with Gasteiger partial charge in [-0.1, -0.05) is 0 Å². The fourth-order valence-corrected chi connectivity index (χ4v) is 2.10. The standard InChI is InChI=1S/C12H17BN2O2/c1-17-11-7-10(14-8-9(11)13)12(16)15-5-3-2-4-6-15/h7-8H,2-6,13H2,1H3. The fourth-order valence-electron chi connectivity index (χ4n) is 2.10. The highest BCUT2D eigenvalue weighted by molar-refractivity contribution is 6.34. The molecule has 0 atom stereocenters. The lowest BCUT2D eigenvalue weighted by Gasteiger charge is -2.26. The van der Waals surface area contributed by atoms with E-state index in [0.717, 1.165) is 37.1 Å². The van der Waals surface area contributed by atoms with Gasteiger partial charge < -0.3 is 9.64 Å². The number of methoxy groups -OCH3 is 1. The van der Waals surface area contributed by atoms with Gasteiger partial charge in [0.25, 0.3) is 5.91 Å². The summed E-state index contributed by atoms with van der Waals surface area (Å²) in [7, 11) is 3.53. The molecule has 1 aromatic heterocycles. The van der Waals surface area contributed by atoms with E-state index in [4.69, 9.17) is 4.74 Å². The molecular formula is C12H17BN2O2. The van der Waals surface area contributed by atoms with Crippen LogP contribution in [0.2, 0.25) is 0 Å². The first-order chi connectivity index (χ1) is 8.22. The van der Waals surface area contributed by atoms with Gasteiger partial charge in [0.05, 0.1) is 7.11 Å². The molecule has 2 heterocycles. The molecule has 1 fully saturated rings. The number of hydrogen-bond donors (Lipinski definition) is 0. The maximum absolute atomic E-state index is 12.2. The van der Waals surface area contributed by atoms with Crippen LogP contribution in [0.15, 0.2) is 12.3 Å². The molecule has 0 spiro atoms. The average molecular weight is 232 g/mol. The molecule has 5 heteroatoms. The van der Waals surface area contributed by atoms with Crippen LogP contribution in [0.5, 0.6) is 5.75 Å². The monoisotopic (exact) mass is 232 g/mol. The van der Waals surface area contributed by atoms with Gasteiger partial charge in [0.2, 0.25) is 0 Å². The molecule has 2 rings (SSSR count). The molecule has 1 aliphatic rings. The second-order valence-electron chi connectivity index (χ2n) is 4.39. The van der Waals surface area contributed by atoms with Crippen LogP contribution >= 0.6 is 0 Å². The first kappa shape index (κ1) is 12.0. The van der Waals surface area contributed by atoms with Crippen molar-refractivity contribution in [2.24, 2.45) is 0 Å². The second-order valence-corrected chi connectivity index (χ2v) is 4.39. The van der Waals surface area contributed by atoms with Gasteiger partial charge in [-0.15, -0.1) is 0 Å². The van der Waals surface area contributed by atoms with E-state index in [-0.39, 0.29) is 5.91 Å². The van der Waals surface area contributed by atoms with Crippen LogP contribution in [-0.4, -0.2) is 43.8 Å². The number of aromatic nitrogens is 1. The quantitative estimate of drug-likeness (QED) is 0.673. The molecule has 4 nitrogen and oxygen atoms in total. The van der Waals surface area contributed by atoms with E-state index >= 15 is 0 Å². The van der Waals surface area contributed by atoms with Crippen molar-refractivity contribution in [3.05, 3.63) is 18.0 Å². The lowest BCUT2D eigenvalue weighted by atomic mass is 9.97. The van der Waals surface area contributed by atoms with Gasteiger partial charge in [-0.05, 0) is 24.7 Å². The number of ether oxygens (including phenoxy) is 1. The first-order valence-corrected chi connectivity index (χ1v) is 6.02.